The summed E-state index contributed by atoms with van der Waals surface area (Å²) < 4.78 is 52.8. The Labute approximate surface area is 202 Å². The van der Waals surface area contributed by atoms with E-state index in [9.17, 15) is 17.6 Å². The molecule has 3 N–H and O–H groups in total. The predicted octanol–water partition coefficient (Wildman–Crippen LogP) is 4.10. The molecule has 0 bridgehead atoms. The summed E-state index contributed by atoms with van der Waals surface area (Å²) >= 11 is 0. The number of benzene rings is 3. The minimum absolute atomic E-state index is 0.0281. The fraction of sp³-hybridized carbons (Fsp3) is 0.160. The summed E-state index contributed by atoms with van der Waals surface area (Å²) in [7, 11) is -1.56. The summed E-state index contributed by atoms with van der Waals surface area (Å²) in [6.07, 6.45) is 2.45. The molecule has 0 unspecified atom stereocenters. The molecule has 0 fully saturated rings. The van der Waals surface area contributed by atoms with E-state index in [2.05, 4.69) is 15.0 Å². The van der Waals surface area contributed by atoms with Crippen molar-refractivity contribution in [3.8, 4) is 11.5 Å². The lowest BCUT2D eigenvalue weighted by atomic mass is 10.1. The number of carbonyl (C=O) groups excluding carboxylic acids is 1. The number of hydrogen-bond donors (Lipinski definition) is 3. The molecule has 182 valence electrons. The van der Waals surface area contributed by atoms with Crippen molar-refractivity contribution in [2.45, 2.75) is 11.3 Å². The first-order valence-electron chi connectivity index (χ1n) is 10.7. The summed E-state index contributed by atoms with van der Waals surface area (Å²) in [6.45, 7) is 0.302. The van der Waals surface area contributed by atoms with Crippen LogP contribution in [0, 0.1) is 5.82 Å². The molecule has 0 aliphatic heterocycles. The molecule has 8 nitrogen and oxygen atoms in total. The molecule has 1 heterocycles. The van der Waals surface area contributed by atoms with Crippen molar-refractivity contribution in [1.29, 1.82) is 0 Å². The third-order valence-electron chi connectivity index (χ3n) is 5.48. The number of nitrogens with one attached hydrogen (secondary N) is 3. The van der Waals surface area contributed by atoms with Crippen LogP contribution in [0.3, 0.4) is 0 Å². The van der Waals surface area contributed by atoms with E-state index in [-0.39, 0.29) is 27.6 Å². The minimum Gasteiger partial charge on any atom is -0.493 e. The fourth-order valence-corrected chi connectivity index (χ4v) is 4.86. The van der Waals surface area contributed by atoms with Crippen molar-refractivity contribution in [3.05, 3.63) is 83.8 Å². The quantitative estimate of drug-likeness (QED) is 0.323. The Morgan fingerprint density at radius 1 is 1.03 bits per heavy atom. The van der Waals surface area contributed by atoms with Crippen molar-refractivity contribution in [3.63, 3.8) is 0 Å². The van der Waals surface area contributed by atoms with Gasteiger partial charge in [-0.2, -0.15) is 0 Å². The van der Waals surface area contributed by atoms with Crippen molar-refractivity contribution in [2.24, 2.45) is 0 Å². The maximum Gasteiger partial charge on any atom is 0.262 e. The highest BCUT2D eigenvalue weighted by molar-refractivity contribution is 7.92. The van der Waals surface area contributed by atoms with Gasteiger partial charge < -0.3 is 19.8 Å². The number of ether oxygens (including phenoxy) is 2. The number of H-pyrrole nitrogens is 1. The number of carbonyl (C=O) groups is 1. The van der Waals surface area contributed by atoms with Gasteiger partial charge in [0, 0.05) is 29.7 Å². The number of hydrogen-bond acceptors (Lipinski definition) is 5. The first-order valence-corrected chi connectivity index (χ1v) is 12.2. The lowest BCUT2D eigenvalue weighted by Crippen LogP contribution is -2.26. The molecule has 4 rings (SSSR count). The van der Waals surface area contributed by atoms with Crippen LogP contribution in [0.4, 0.5) is 10.1 Å². The first-order chi connectivity index (χ1) is 16.8. The zero-order chi connectivity index (χ0) is 25.0. The molecule has 0 aliphatic carbocycles. The summed E-state index contributed by atoms with van der Waals surface area (Å²) in [5.74, 6) is -1.14. The molecule has 0 saturated carbocycles. The number of methoxy groups -OCH3 is 2. The highest BCUT2D eigenvalue weighted by atomic mass is 32.2. The molecule has 35 heavy (non-hydrogen) atoms. The van der Waals surface area contributed by atoms with Crippen LogP contribution in [0.15, 0.2) is 71.8 Å². The van der Waals surface area contributed by atoms with Crippen LogP contribution in [0.25, 0.3) is 10.9 Å². The van der Waals surface area contributed by atoms with Crippen LogP contribution in [0.1, 0.15) is 15.9 Å². The average Bonchev–Trinajstić information content (AvgIpc) is 3.27. The van der Waals surface area contributed by atoms with Gasteiger partial charge in [-0.25, -0.2) is 12.8 Å². The number of aromatic amines is 1. The van der Waals surface area contributed by atoms with E-state index in [0.29, 0.717) is 13.0 Å². The zero-order valence-electron chi connectivity index (χ0n) is 19.1. The maximum absolute atomic E-state index is 14.0. The van der Waals surface area contributed by atoms with Crippen LogP contribution >= 0.6 is 0 Å². The normalized spacial score (nSPS) is 11.3. The predicted molar refractivity (Wildman–Crippen MR) is 131 cm³/mol. The van der Waals surface area contributed by atoms with Gasteiger partial charge >= 0.3 is 0 Å². The molecule has 0 radical (unpaired) electrons. The number of para-hydroxylation sites is 2. The third-order valence-corrected chi connectivity index (χ3v) is 6.83. The lowest BCUT2D eigenvalue weighted by molar-refractivity contribution is 0.0950. The number of fused-ring (bicyclic) bond motifs is 1. The van der Waals surface area contributed by atoms with Crippen molar-refractivity contribution < 1.29 is 27.1 Å². The molecule has 3 aromatic carbocycles. The molecule has 10 heteroatoms. The van der Waals surface area contributed by atoms with Crippen molar-refractivity contribution in [1.82, 2.24) is 10.3 Å². The Morgan fingerprint density at radius 3 is 2.51 bits per heavy atom. The number of aromatic nitrogens is 1. The molecule has 4 aromatic rings. The van der Waals surface area contributed by atoms with Gasteiger partial charge in [-0.15, -0.1) is 0 Å². The van der Waals surface area contributed by atoms with Crippen LogP contribution in [-0.4, -0.2) is 40.1 Å². The fourth-order valence-electron chi connectivity index (χ4n) is 3.75. The average molecular weight is 498 g/mol. The molecule has 0 spiro atoms. The monoisotopic (exact) mass is 497 g/mol. The van der Waals surface area contributed by atoms with E-state index >= 15 is 0 Å². The smallest absolute Gasteiger partial charge is 0.262 e. The molecule has 1 aromatic heterocycles. The SMILES string of the molecule is COc1cc(S(=O)(=O)Nc2ccccc2F)cc(C(=O)NCCc2c[nH]c3ccccc23)c1OC. The van der Waals surface area contributed by atoms with Crippen molar-refractivity contribution >= 4 is 32.5 Å². The Balaban J connectivity index is 1.59. The van der Waals surface area contributed by atoms with Gasteiger partial charge in [0.15, 0.2) is 11.5 Å². The number of halogens is 1. The second-order valence-corrected chi connectivity index (χ2v) is 9.34. The molecular formula is C25H24FN3O5S. The minimum atomic E-state index is -4.24. The Kier molecular flexibility index (Phi) is 6.92. The van der Waals surface area contributed by atoms with Gasteiger partial charge in [0.2, 0.25) is 0 Å². The topological polar surface area (TPSA) is 110 Å². The van der Waals surface area contributed by atoms with Gasteiger partial charge in [-0.1, -0.05) is 30.3 Å². The second-order valence-electron chi connectivity index (χ2n) is 7.66. The van der Waals surface area contributed by atoms with E-state index in [4.69, 9.17) is 9.47 Å². The summed E-state index contributed by atoms with van der Waals surface area (Å²) in [5, 5.41) is 3.87. The molecular weight excluding hydrogens is 473 g/mol. The van der Waals surface area contributed by atoms with Crippen LogP contribution in [0.2, 0.25) is 0 Å². The number of anilines is 1. The summed E-state index contributed by atoms with van der Waals surface area (Å²) in [4.78, 5) is 16.0. The van der Waals surface area contributed by atoms with Crippen molar-refractivity contribution in [2.75, 3.05) is 25.5 Å². The lowest BCUT2D eigenvalue weighted by Gasteiger charge is -2.16. The number of amides is 1. The standard InChI is InChI=1S/C25H24FN3O5S/c1-33-23-14-17(35(31,32)29-22-10-6-4-8-20(22)26)13-19(24(23)34-2)25(30)27-12-11-16-15-28-21-9-5-3-7-18(16)21/h3-10,13-15,28-29H,11-12H2,1-2H3,(H,27,30). The molecule has 0 saturated heterocycles. The van der Waals surface area contributed by atoms with Gasteiger partial charge in [0.1, 0.15) is 5.82 Å². The second kappa shape index (κ2) is 10.1. The van der Waals surface area contributed by atoms with Crippen LogP contribution in [0.5, 0.6) is 11.5 Å². The highest BCUT2D eigenvalue weighted by Gasteiger charge is 2.25. The van der Waals surface area contributed by atoms with Gasteiger partial charge in [0.25, 0.3) is 15.9 Å². The van der Waals surface area contributed by atoms with E-state index in [0.717, 1.165) is 22.5 Å². The number of rotatable bonds is 9. The van der Waals surface area contributed by atoms with E-state index in [1.54, 1.807) is 0 Å². The Morgan fingerprint density at radius 2 is 1.77 bits per heavy atom. The highest BCUT2D eigenvalue weighted by Crippen LogP contribution is 2.35. The Bertz CT molecular complexity index is 1480. The first kappa shape index (κ1) is 24.1. The summed E-state index contributed by atoms with van der Waals surface area (Å²) in [5.41, 5.74) is 1.79. The third kappa shape index (κ3) is 5.07. The van der Waals surface area contributed by atoms with Crippen LogP contribution < -0.4 is 19.5 Å². The van der Waals surface area contributed by atoms with E-state index in [1.807, 2.05) is 30.5 Å². The van der Waals surface area contributed by atoms with Gasteiger partial charge in [-0.3, -0.25) is 9.52 Å². The summed E-state index contributed by atoms with van der Waals surface area (Å²) in [6, 6.07) is 15.6. The van der Waals surface area contributed by atoms with Gasteiger partial charge in [0.05, 0.1) is 30.4 Å². The largest absolute Gasteiger partial charge is 0.493 e. The molecule has 0 aliphatic rings. The molecule has 0 atom stereocenters. The number of sulfonamides is 1. The van der Waals surface area contributed by atoms with E-state index < -0.39 is 21.7 Å². The van der Waals surface area contributed by atoms with Gasteiger partial charge in [-0.05, 0) is 36.2 Å². The van der Waals surface area contributed by atoms with Crippen LogP contribution in [-0.2, 0) is 16.4 Å². The van der Waals surface area contributed by atoms with E-state index in [1.165, 1.54) is 44.6 Å². The Hall–Kier alpha value is -4.05. The maximum atomic E-state index is 14.0. The molecule has 1 amide bonds. The zero-order valence-corrected chi connectivity index (χ0v) is 19.9.